The van der Waals surface area contributed by atoms with E-state index in [1.54, 1.807) is 38.1 Å². The fourth-order valence-corrected chi connectivity index (χ4v) is 2.85. The summed E-state index contributed by atoms with van der Waals surface area (Å²) in [6, 6.07) is 6.04. The molecule has 0 spiro atoms. The lowest BCUT2D eigenvalue weighted by Gasteiger charge is -2.16. The smallest absolute Gasteiger partial charge is 0.325 e. The normalized spacial score (nSPS) is 16.2. The minimum absolute atomic E-state index is 0.0564. The number of nitrogens with zero attached hydrogens (tertiary/aromatic N) is 1. The van der Waals surface area contributed by atoms with E-state index in [9.17, 15) is 24.0 Å². The number of benzene rings is 1. The Hall–Kier alpha value is -3.23. The van der Waals surface area contributed by atoms with Gasteiger partial charge in [0.1, 0.15) is 5.54 Å². The van der Waals surface area contributed by atoms with Crippen LogP contribution < -0.4 is 10.6 Å². The van der Waals surface area contributed by atoms with Gasteiger partial charge >= 0.3 is 12.0 Å². The van der Waals surface area contributed by atoms with Crippen molar-refractivity contribution in [1.29, 1.82) is 0 Å². The van der Waals surface area contributed by atoms with Crippen molar-refractivity contribution >= 4 is 35.3 Å². The SMILES string of the molecule is CC(=O)c1ccccc1NC(=O)[C@@H](C)OC(=O)CCCN1C(=O)NC(C)(C)C1=O. The molecule has 0 bridgehead atoms. The first kappa shape index (κ1) is 22.1. The summed E-state index contributed by atoms with van der Waals surface area (Å²) < 4.78 is 5.10. The first-order valence-electron chi connectivity index (χ1n) is 9.27. The lowest BCUT2D eigenvalue weighted by Crippen LogP contribution is -2.40. The Balaban J connectivity index is 1.82. The first-order valence-corrected chi connectivity index (χ1v) is 9.27. The largest absolute Gasteiger partial charge is 0.453 e. The number of para-hydroxylation sites is 1. The van der Waals surface area contributed by atoms with E-state index in [0.29, 0.717) is 11.3 Å². The summed E-state index contributed by atoms with van der Waals surface area (Å²) >= 11 is 0. The van der Waals surface area contributed by atoms with Gasteiger partial charge in [-0.25, -0.2) is 4.79 Å². The highest BCUT2D eigenvalue weighted by Crippen LogP contribution is 2.18. The zero-order chi connectivity index (χ0) is 21.8. The lowest BCUT2D eigenvalue weighted by atomic mass is 10.1. The predicted octanol–water partition coefficient (Wildman–Crippen LogP) is 1.87. The number of hydrogen-bond acceptors (Lipinski definition) is 6. The highest BCUT2D eigenvalue weighted by Gasteiger charge is 2.43. The van der Waals surface area contributed by atoms with Crippen molar-refractivity contribution < 1.29 is 28.7 Å². The second kappa shape index (κ2) is 8.85. The van der Waals surface area contributed by atoms with Gasteiger partial charge in [-0.1, -0.05) is 12.1 Å². The molecule has 9 heteroatoms. The summed E-state index contributed by atoms with van der Waals surface area (Å²) in [5, 5.41) is 5.13. The number of ketones is 1. The summed E-state index contributed by atoms with van der Waals surface area (Å²) in [7, 11) is 0. The van der Waals surface area contributed by atoms with E-state index in [0.717, 1.165) is 4.90 Å². The van der Waals surface area contributed by atoms with Crippen molar-refractivity contribution in [3.63, 3.8) is 0 Å². The number of urea groups is 1. The molecule has 9 nitrogen and oxygen atoms in total. The molecule has 2 rings (SSSR count). The number of hydrogen-bond donors (Lipinski definition) is 2. The van der Waals surface area contributed by atoms with E-state index in [4.69, 9.17) is 4.74 Å². The van der Waals surface area contributed by atoms with Crippen LogP contribution in [0.3, 0.4) is 0 Å². The molecule has 0 aromatic heterocycles. The van der Waals surface area contributed by atoms with Crippen molar-refractivity contribution in [3.8, 4) is 0 Å². The average Bonchev–Trinajstić information content (AvgIpc) is 2.83. The van der Waals surface area contributed by atoms with E-state index < -0.39 is 29.6 Å². The third-order valence-electron chi connectivity index (χ3n) is 4.45. The minimum atomic E-state index is -1.07. The zero-order valence-corrected chi connectivity index (χ0v) is 16.9. The Kier molecular flexibility index (Phi) is 6.73. The second-order valence-electron chi connectivity index (χ2n) is 7.34. The number of nitrogens with one attached hydrogen (secondary N) is 2. The van der Waals surface area contributed by atoms with Crippen molar-refractivity contribution in [2.75, 3.05) is 11.9 Å². The van der Waals surface area contributed by atoms with Gasteiger partial charge in [-0.3, -0.25) is 24.1 Å². The Morgan fingerprint density at radius 2 is 1.86 bits per heavy atom. The van der Waals surface area contributed by atoms with Gasteiger partial charge in [0, 0.05) is 18.5 Å². The van der Waals surface area contributed by atoms with Gasteiger partial charge in [0.2, 0.25) is 0 Å². The fraction of sp³-hybridized carbons (Fsp3) is 0.450. The highest BCUT2D eigenvalue weighted by atomic mass is 16.5. The number of rotatable bonds is 8. The lowest BCUT2D eigenvalue weighted by molar-refractivity contribution is -0.153. The molecule has 1 atom stereocenters. The van der Waals surface area contributed by atoms with Crippen LogP contribution in [0.5, 0.6) is 0 Å². The first-order chi connectivity index (χ1) is 13.5. The maximum atomic E-state index is 12.3. The quantitative estimate of drug-likeness (QED) is 0.388. The number of esters is 1. The number of imide groups is 1. The number of carbonyl (C=O) groups excluding carboxylic acids is 5. The molecule has 0 saturated carbocycles. The molecule has 1 aliphatic rings. The molecule has 1 aromatic rings. The van der Waals surface area contributed by atoms with Crippen LogP contribution in [-0.4, -0.2) is 52.7 Å². The van der Waals surface area contributed by atoms with Crippen LogP contribution >= 0.6 is 0 Å². The van der Waals surface area contributed by atoms with Crippen LogP contribution in [0.2, 0.25) is 0 Å². The highest BCUT2D eigenvalue weighted by molar-refractivity contribution is 6.06. The predicted molar refractivity (Wildman–Crippen MR) is 104 cm³/mol. The summed E-state index contributed by atoms with van der Waals surface area (Å²) in [6.07, 6.45) is -0.910. The monoisotopic (exact) mass is 403 g/mol. The number of carbonyl (C=O) groups is 5. The van der Waals surface area contributed by atoms with Crippen LogP contribution in [-0.2, 0) is 19.1 Å². The van der Waals surface area contributed by atoms with Gasteiger partial charge < -0.3 is 15.4 Å². The van der Waals surface area contributed by atoms with Crippen LogP contribution in [0.25, 0.3) is 0 Å². The van der Waals surface area contributed by atoms with E-state index in [2.05, 4.69) is 10.6 Å². The van der Waals surface area contributed by atoms with Crippen LogP contribution in [0, 0.1) is 0 Å². The molecule has 0 radical (unpaired) electrons. The summed E-state index contributed by atoms with van der Waals surface area (Å²) in [5.41, 5.74) is -0.259. The molecule has 29 heavy (non-hydrogen) atoms. The van der Waals surface area contributed by atoms with Crippen molar-refractivity contribution in [3.05, 3.63) is 29.8 Å². The van der Waals surface area contributed by atoms with Crippen LogP contribution in [0.4, 0.5) is 10.5 Å². The molecular weight excluding hydrogens is 378 g/mol. The molecule has 1 fully saturated rings. The molecule has 2 N–H and O–H groups in total. The third-order valence-corrected chi connectivity index (χ3v) is 4.45. The van der Waals surface area contributed by atoms with E-state index in [-0.39, 0.29) is 31.1 Å². The van der Waals surface area contributed by atoms with Gasteiger partial charge in [-0.15, -0.1) is 0 Å². The second-order valence-corrected chi connectivity index (χ2v) is 7.34. The van der Waals surface area contributed by atoms with E-state index in [1.165, 1.54) is 13.8 Å². The molecule has 1 aliphatic heterocycles. The van der Waals surface area contributed by atoms with Gasteiger partial charge in [-0.05, 0) is 46.2 Å². The number of Topliss-reactive ketones (excluding diaryl/α,β-unsaturated/α-hetero) is 1. The fourth-order valence-electron chi connectivity index (χ4n) is 2.85. The maximum Gasteiger partial charge on any atom is 0.325 e. The number of anilines is 1. The summed E-state index contributed by atoms with van der Waals surface area (Å²) in [6.45, 7) is 6.10. The molecule has 156 valence electrons. The van der Waals surface area contributed by atoms with Gasteiger partial charge in [-0.2, -0.15) is 0 Å². The third kappa shape index (κ3) is 5.40. The molecule has 1 heterocycles. The van der Waals surface area contributed by atoms with E-state index >= 15 is 0 Å². The Morgan fingerprint density at radius 3 is 2.45 bits per heavy atom. The molecule has 1 saturated heterocycles. The topological polar surface area (TPSA) is 122 Å². The summed E-state index contributed by atoms with van der Waals surface area (Å²) in [4.78, 5) is 60.8. The number of amides is 4. The van der Waals surface area contributed by atoms with Gasteiger partial charge in [0.05, 0.1) is 5.69 Å². The molecule has 0 unspecified atom stereocenters. The van der Waals surface area contributed by atoms with Crippen molar-refractivity contribution in [2.24, 2.45) is 0 Å². The molecule has 0 aliphatic carbocycles. The Labute approximate surface area is 168 Å². The maximum absolute atomic E-state index is 12.3. The van der Waals surface area contributed by atoms with Crippen LogP contribution in [0.15, 0.2) is 24.3 Å². The Bertz CT molecular complexity index is 848. The number of ether oxygens (including phenoxy) is 1. The Morgan fingerprint density at radius 1 is 1.21 bits per heavy atom. The molecular formula is C20H25N3O6. The standard InChI is InChI=1S/C20H25N3O6/c1-12(24)14-8-5-6-9-15(14)21-17(26)13(2)29-16(25)10-7-11-23-18(27)20(3,4)22-19(23)28/h5-6,8-9,13H,7,10-11H2,1-4H3,(H,21,26)(H,22,28)/t13-/m1/s1. The van der Waals surface area contributed by atoms with Crippen molar-refractivity contribution in [1.82, 2.24) is 10.2 Å². The van der Waals surface area contributed by atoms with Gasteiger partial charge in [0.25, 0.3) is 11.8 Å². The summed E-state index contributed by atoms with van der Waals surface area (Å²) in [5.74, 6) is -1.75. The molecule has 4 amide bonds. The van der Waals surface area contributed by atoms with Crippen LogP contribution in [0.1, 0.15) is 50.9 Å². The van der Waals surface area contributed by atoms with E-state index in [1.807, 2.05) is 0 Å². The average molecular weight is 403 g/mol. The van der Waals surface area contributed by atoms with Crippen molar-refractivity contribution in [2.45, 2.75) is 52.2 Å². The van der Waals surface area contributed by atoms with Gasteiger partial charge in [0.15, 0.2) is 11.9 Å². The zero-order valence-electron chi connectivity index (χ0n) is 16.9. The molecule has 1 aromatic carbocycles. The minimum Gasteiger partial charge on any atom is -0.453 e.